The van der Waals surface area contributed by atoms with Crippen molar-refractivity contribution in [2.24, 2.45) is 0 Å². The molecule has 1 N–H and O–H groups in total. The predicted molar refractivity (Wildman–Crippen MR) is 83.9 cm³/mol. The molecule has 0 saturated carbocycles. The summed E-state index contributed by atoms with van der Waals surface area (Å²) in [7, 11) is -3.31. The normalized spacial score (nSPS) is 23.2. The highest BCUT2D eigenvalue weighted by molar-refractivity contribution is 7.93. The van der Waals surface area contributed by atoms with Crippen molar-refractivity contribution in [3.63, 3.8) is 0 Å². The molecule has 1 atom stereocenters. The number of hydrogen-bond donors (Lipinski definition) is 1. The van der Waals surface area contributed by atoms with E-state index in [4.69, 9.17) is 0 Å². The van der Waals surface area contributed by atoms with Gasteiger partial charge in [-0.05, 0) is 37.5 Å². The predicted octanol–water partition coefficient (Wildman–Crippen LogP) is 0.916. The van der Waals surface area contributed by atoms with Crippen LogP contribution in [0.4, 0.5) is 5.69 Å². The number of carbonyl (C=O) groups excluding carboxylic acids is 1. The summed E-state index contributed by atoms with van der Waals surface area (Å²) in [5, 5.41) is 9.19. The zero-order valence-corrected chi connectivity index (χ0v) is 13.3. The molecule has 0 aromatic heterocycles. The molecule has 1 aromatic carbocycles. The van der Waals surface area contributed by atoms with Gasteiger partial charge in [-0.1, -0.05) is 6.07 Å². The zero-order valence-electron chi connectivity index (χ0n) is 12.5. The molecule has 8 heteroatoms. The molecule has 1 aromatic rings. The Balaban J connectivity index is 1.88. The smallest absolute Gasteiger partial charge is 0.326 e. The van der Waals surface area contributed by atoms with Gasteiger partial charge in [-0.2, -0.15) is 0 Å². The third-order valence-electron chi connectivity index (χ3n) is 4.28. The van der Waals surface area contributed by atoms with Crippen LogP contribution in [0.5, 0.6) is 0 Å². The van der Waals surface area contributed by atoms with E-state index >= 15 is 0 Å². The summed E-state index contributed by atoms with van der Waals surface area (Å²) < 4.78 is 25.3. The average molecular weight is 338 g/mol. The Morgan fingerprint density at radius 1 is 1.17 bits per heavy atom. The minimum Gasteiger partial charge on any atom is -0.480 e. The largest absolute Gasteiger partial charge is 0.480 e. The van der Waals surface area contributed by atoms with Crippen LogP contribution in [0.15, 0.2) is 24.3 Å². The first-order valence-corrected chi connectivity index (χ1v) is 9.15. The quantitative estimate of drug-likeness (QED) is 0.884. The van der Waals surface area contributed by atoms with E-state index in [9.17, 15) is 23.1 Å². The number of hydrogen-bond acceptors (Lipinski definition) is 4. The van der Waals surface area contributed by atoms with Crippen molar-refractivity contribution in [3.8, 4) is 0 Å². The van der Waals surface area contributed by atoms with Crippen molar-refractivity contribution >= 4 is 27.6 Å². The van der Waals surface area contributed by atoms with Gasteiger partial charge in [-0.25, -0.2) is 13.2 Å². The molecular formula is C15H18N2O5S. The summed E-state index contributed by atoms with van der Waals surface area (Å²) in [6.07, 6.45) is 1.66. The number of likely N-dealkylation sites (tertiary alicyclic amines) is 1. The van der Waals surface area contributed by atoms with Gasteiger partial charge < -0.3 is 10.0 Å². The van der Waals surface area contributed by atoms with Crippen molar-refractivity contribution < 1.29 is 23.1 Å². The van der Waals surface area contributed by atoms with Crippen molar-refractivity contribution in [3.05, 3.63) is 29.8 Å². The molecule has 1 unspecified atom stereocenters. The van der Waals surface area contributed by atoms with Crippen molar-refractivity contribution in [1.82, 2.24) is 4.90 Å². The third kappa shape index (κ3) is 2.90. The number of nitrogens with zero attached hydrogens (tertiary/aromatic N) is 2. The number of sulfonamides is 1. The lowest BCUT2D eigenvalue weighted by atomic mass is 10.1. The standard InChI is InChI=1S/C15H18N2O5S/c18-14(16-7-2-6-13(16)15(19)20)11-4-1-5-12(10-11)17-8-3-9-23(17,21)22/h1,4-5,10,13H,2-3,6-9H2,(H,19,20). The number of rotatable bonds is 3. The maximum atomic E-state index is 12.6. The fourth-order valence-electron chi connectivity index (χ4n) is 3.16. The topological polar surface area (TPSA) is 95.0 Å². The maximum absolute atomic E-state index is 12.6. The van der Waals surface area contributed by atoms with E-state index in [2.05, 4.69) is 0 Å². The van der Waals surface area contributed by atoms with Gasteiger partial charge >= 0.3 is 5.97 Å². The highest BCUT2D eigenvalue weighted by Crippen LogP contribution is 2.26. The molecule has 3 rings (SSSR count). The van der Waals surface area contributed by atoms with E-state index in [1.807, 2.05) is 0 Å². The number of aliphatic carboxylic acids is 1. The number of amides is 1. The molecule has 0 aliphatic carbocycles. The fourth-order valence-corrected chi connectivity index (χ4v) is 4.71. The first kappa shape index (κ1) is 15.8. The van der Waals surface area contributed by atoms with E-state index in [0.717, 1.165) is 0 Å². The number of anilines is 1. The van der Waals surface area contributed by atoms with Gasteiger partial charge in [0.15, 0.2) is 0 Å². The van der Waals surface area contributed by atoms with Crippen molar-refractivity contribution in [2.75, 3.05) is 23.1 Å². The zero-order chi connectivity index (χ0) is 16.6. The van der Waals surface area contributed by atoms with E-state index in [-0.39, 0.29) is 11.7 Å². The van der Waals surface area contributed by atoms with Crippen LogP contribution in [0.2, 0.25) is 0 Å². The molecule has 0 bridgehead atoms. The second kappa shape index (κ2) is 5.84. The highest BCUT2D eigenvalue weighted by atomic mass is 32.2. The van der Waals surface area contributed by atoms with Gasteiger partial charge in [0.25, 0.3) is 5.91 Å². The second-order valence-electron chi connectivity index (χ2n) is 5.79. The SMILES string of the molecule is O=C(O)C1CCCN1C(=O)c1cccc(N2CCCS2(=O)=O)c1. The van der Waals surface area contributed by atoms with Crippen LogP contribution in [-0.2, 0) is 14.8 Å². The molecule has 2 aliphatic heterocycles. The summed E-state index contributed by atoms with van der Waals surface area (Å²) in [5.74, 6) is -1.26. The second-order valence-corrected chi connectivity index (χ2v) is 7.80. The van der Waals surface area contributed by atoms with E-state index in [1.165, 1.54) is 15.3 Å². The Labute approximate surface area is 134 Å². The van der Waals surface area contributed by atoms with Gasteiger partial charge in [0, 0.05) is 18.7 Å². The van der Waals surface area contributed by atoms with Crippen LogP contribution in [0, 0.1) is 0 Å². The summed E-state index contributed by atoms with van der Waals surface area (Å²) in [5.41, 5.74) is 0.775. The molecule has 2 fully saturated rings. The molecule has 2 saturated heterocycles. The lowest BCUT2D eigenvalue weighted by Gasteiger charge is -2.22. The van der Waals surface area contributed by atoms with Crippen LogP contribution in [-0.4, -0.2) is 55.2 Å². The maximum Gasteiger partial charge on any atom is 0.326 e. The molecule has 0 radical (unpaired) electrons. The van der Waals surface area contributed by atoms with Crippen molar-refractivity contribution in [1.29, 1.82) is 0 Å². The van der Waals surface area contributed by atoms with Crippen LogP contribution in [0.3, 0.4) is 0 Å². The van der Waals surface area contributed by atoms with Gasteiger partial charge in [-0.3, -0.25) is 9.10 Å². The number of carboxylic acid groups (broad SMARTS) is 1. The molecule has 124 valence electrons. The minimum absolute atomic E-state index is 0.110. The van der Waals surface area contributed by atoms with E-state index < -0.39 is 22.0 Å². The van der Waals surface area contributed by atoms with Crippen LogP contribution >= 0.6 is 0 Å². The Bertz CT molecular complexity index is 746. The highest BCUT2D eigenvalue weighted by Gasteiger charge is 2.35. The Morgan fingerprint density at radius 3 is 2.61 bits per heavy atom. The number of carboxylic acids is 1. The molecule has 23 heavy (non-hydrogen) atoms. The van der Waals surface area contributed by atoms with E-state index in [1.54, 1.807) is 18.2 Å². The van der Waals surface area contributed by atoms with Crippen molar-refractivity contribution in [2.45, 2.75) is 25.3 Å². The van der Waals surface area contributed by atoms with Gasteiger partial charge in [0.05, 0.1) is 11.4 Å². The molecule has 2 heterocycles. The van der Waals surface area contributed by atoms with Gasteiger partial charge in [-0.15, -0.1) is 0 Å². The molecular weight excluding hydrogens is 320 g/mol. The summed E-state index contributed by atoms with van der Waals surface area (Å²) in [4.78, 5) is 25.2. The lowest BCUT2D eigenvalue weighted by Crippen LogP contribution is -2.40. The molecule has 1 amide bonds. The third-order valence-corrected chi connectivity index (χ3v) is 6.15. The van der Waals surface area contributed by atoms with E-state index in [0.29, 0.717) is 43.6 Å². The lowest BCUT2D eigenvalue weighted by molar-refractivity contribution is -0.141. The average Bonchev–Trinajstić information content (AvgIpc) is 3.12. The summed E-state index contributed by atoms with van der Waals surface area (Å²) in [6, 6.07) is 5.59. The Kier molecular flexibility index (Phi) is 4.01. The van der Waals surface area contributed by atoms with Gasteiger partial charge in [0.1, 0.15) is 6.04 Å². The Morgan fingerprint density at radius 2 is 1.96 bits per heavy atom. The first-order valence-electron chi connectivity index (χ1n) is 7.54. The minimum atomic E-state index is -3.31. The van der Waals surface area contributed by atoms with Gasteiger partial charge in [0.2, 0.25) is 10.0 Å². The fraction of sp³-hybridized carbons (Fsp3) is 0.467. The van der Waals surface area contributed by atoms with Crippen LogP contribution in [0.25, 0.3) is 0 Å². The molecule has 0 spiro atoms. The first-order chi connectivity index (χ1) is 10.9. The number of benzene rings is 1. The van der Waals surface area contributed by atoms with Crippen LogP contribution < -0.4 is 4.31 Å². The Hall–Kier alpha value is -2.09. The number of carbonyl (C=O) groups is 2. The summed E-state index contributed by atoms with van der Waals surface area (Å²) >= 11 is 0. The van der Waals surface area contributed by atoms with Crippen LogP contribution in [0.1, 0.15) is 29.6 Å². The molecule has 2 aliphatic rings. The summed E-state index contributed by atoms with van der Waals surface area (Å²) in [6.45, 7) is 0.809. The molecule has 7 nitrogen and oxygen atoms in total. The monoisotopic (exact) mass is 338 g/mol.